The lowest BCUT2D eigenvalue weighted by Gasteiger charge is -2.25. The summed E-state index contributed by atoms with van der Waals surface area (Å²) in [5.41, 5.74) is -0.704. The van der Waals surface area contributed by atoms with Crippen LogP contribution in [0.3, 0.4) is 0 Å². The molecule has 3 heterocycles. The van der Waals surface area contributed by atoms with Crippen molar-refractivity contribution in [2.75, 3.05) is 4.90 Å². The SMILES string of the molecule is O=C(C1=C(O)C(=O)N(c2ccc(C(F)(F)F)cc2)C1c1ccco1)c1cc2ccccc2o1. The number of amides is 1. The summed E-state index contributed by atoms with van der Waals surface area (Å²) in [7, 11) is 0. The second-order valence-electron chi connectivity index (χ2n) is 7.38. The minimum Gasteiger partial charge on any atom is -0.503 e. The molecule has 0 saturated heterocycles. The zero-order valence-corrected chi connectivity index (χ0v) is 16.7. The van der Waals surface area contributed by atoms with Gasteiger partial charge in [-0.3, -0.25) is 14.5 Å². The number of benzene rings is 2. The third kappa shape index (κ3) is 3.38. The molecule has 1 unspecified atom stereocenters. The molecule has 166 valence electrons. The molecule has 1 amide bonds. The fraction of sp³-hybridized carbons (Fsp3) is 0.0833. The number of nitrogens with zero attached hydrogens (tertiary/aromatic N) is 1. The van der Waals surface area contributed by atoms with Gasteiger partial charge in [-0.15, -0.1) is 0 Å². The van der Waals surface area contributed by atoms with E-state index in [9.17, 15) is 27.9 Å². The summed E-state index contributed by atoms with van der Waals surface area (Å²) in [4.78, 5) is 27.4. The van der Waals surface area contributed by atoms with Gasteiger partial charge < -0.3 is 13.9 Å². The number of carbonyl (C=O) groups is 2. The fourth-order valence-electron chi connectivity index (χ4n) is 3.86. The van der Waals surface area contributed by atoms with E-state index in [1.165, 1.54) is 24.5 Å². The van der Waals surface area contributed by atoms with Gasteiger partial charge in [-0.25, -0.2) is 0 Å². The highest BCUT2D eigenvalue weighted by Gasteiger charge is 2.47. The molecule has 6 nitrogen and oxygen atoms in total. The number of para-hydroxylation sites is 1. The molecule has 0 aliphatic carbocycles. The zero-order chi connectivity index (χ0) is 23.3. The summed E-state index contributed by atoms with van der Waals surface area (Å²) in [6.45, 7) is 0. The summed E-state index contributed by atoms with van der Waals surface area (Å²) in [6, 6.07) is 14.0. The number of aliphatic hydroxyl groups is 1. The van der Waals surface area contributed by atoms with Crippen LogP contribution in [0.2, 0.25) is 0 Å². The number of carbonyl (C=O) groups excluding carboxylic acids is 2. The van der Waals surface area contributed by atoms with Crippen molar-refractivity contribution in [2.45, 2.75) is 12.2 Å². The predicted octanol–water partition coefficient (Wildman–Crippen LogP) is 5.83. The number of halogens is 3. The number of hydrogen-bond acceptors (Lipinski definition) is 5. The Kier molecular flexibility index (Phi) is 4.63. The van der Waals surface area contributed by atoms with Gasteiger partial charge in [0.05, 0.1) is 17.4 Å². The fourth-order valence-corrected chi connectivity index (χ4v) is 3.86. The molecule has 33 heavy (non-hydrogen) atoms. The molecule has 2 aromatic heterocycles. The van der Waals surface area contributed by atoms with Crippen LogP contribution in [-0.4, -0.2) is 16.8 Å². The van der Waals surface area contributed by atoms with Gasteiger partial charge in [0.2, 0.25) is 5.78 Å². The Morgan fingerprint density at radius 2 is 1.73 bits per heavy atom. The van der Waals surface area contributed by atoms with Crippen LogP contribution in [-0.2, 0) is 11.0 Å². The van der Waals surface area contributed by atoms with Gasteiger partial charge in [-0.05, 0) is 48.5 Å². The van der Waals surface area contributed by atoms with Crippen LogP contribution in [0.1, 0.15) is 27.9 Å². The number of anilines is 1. The van der Waals surface area contributed by atoms with Crippen LogP contribution < -0.4 is 4.90 Å². The second-order valence-corrected chi connectivity index (χ2v) is 7.38. The molecule has 1 atom stereocenters. The Hall–Kier alpha value is -4.27. The van der Waals surface area contributed by atoms with Gasteiger partial charge in [-0.2, -0.15) is 13.2 Å². The van der Waals surface area contributed by atoms with Gasteiger partial charge in [0.25, 0.3) is 5.91 Å². The van der Waals surface area contributed by atoms with E-state index < -0.39 is 35.2 Å². The van der Waals surface area contributed by atoms with Gasteiger partial charge in [0.1, 0.15) is 17.4 Å². The molecule has 0 radical (unpaired) electrons. The second kappa shape index (κ2) is 7.40. The highest BCUT2D eigenvalue weighted by molar-refractivity contribution is 6.20. The standard InChI is InChI=1S/C24H14F3NO5/c25-24(26,27)14-7-9-15(10-8-14)28-20(17-6-3-11-32-17)19(22(30)23(28)31)21(29)18-12-13-4-1-2-5-16(13)33-18/h1-12,20,30H. The van der Waals surface area contributed by atoms with E-state index in [2.05, 4.69) is 0 Å². The molecule has 0 saturated carbocycles. The van der Waals surface area contributed by atoms with Crippen LogP contribution in [0.25, 0.3) is 11.0 Å². The average molecular weight is 453 g/mol. The van der Waals surface area contributed by atoms with E-state index in [1.54, 1.807) is 24.3 Å². The van der Waals surface area contributed by atoms with Gasteiger partial charge in [0, 0.05) is 11.1 Å². The van der Waals surface area contributed by atoms with E-state index in [-0.39, 0.29) is 22.8 Å². The molecule has 4 aromatic rings. The molecular weight excluding hydrogens is 439 g/mol. The zero-order valence-electron chi connectivity index (χ0n) is 16.7. The number of rotatable bonds is 4. The molecular formula is C24H14F3NO5. The first-order valence-electron chi connectivity index (χ1n) is 9.76. The monoisotopic (exact) mass is 453 g/mol. The lowest BCUT2D eigenvalue weighted by molar-refractivity contribution is -0.137. The summed E-state index contributed by atoms with van der Waals surface area (Å²) < 4.78 is 50.0. The molecule has 9 heteroatoms. The Balaban J connectivity index is 1.60. The van der Waals surface area contributed by atoms with E-state index in [1.807, 2.05) is 0 Å². The van der Waals surface area contributed by atoms with Crippen LogP contribution >= 0.6 is 0 Å². The maximum Gasteiger partial charge on any atom is 0.416 e. The van der Waals surface area contributed by atoms with Crippen molar-refractivity contribution in [3.8, 4) is 0 Å². The lowest BCUT2D eigenvalue weighted by Crippen LogP contribution is -2.30. The number of aliphatic hydroxyl groups excluding tert-OH is 1. The number of furan rings is 2. The average Bonchev–Trinajstić information content (AvgIpc) is 3.52. The highest BCUT2D eigenvalue weighted by atomic mass is 19.4. The third-order valence-corrected chi connectivity index (χ3v) is 5.39. The molecule has 0 bridgehead atoms. The smallest absolute Gasteiger partial charge is 0.416 e. The van der Waals surface area contributed by atoms with E-state index in [4.69, 9.17) is 8.83 Å². The van der Waals surface area contributed by atoms with E-state index in [0.29, 0.717) is 11.0 Å². The van der Waals surface area contributed by atoms with Crippen molar-refractivity contribution in [1.82, 2.24) is 0 Å². The Bertz CT molecular complexity index is 1370. The largest absolute Gasteiger partial charge is 0.503 e. The van der Waals surface area contributed by atoms with Crippen molar-refractivity contribution < 1.29 is 36.7 Å². The minimum atomic E-state index is -4.56. The van der Waals surface area contributed by atoms with Crippen LogP contribution in [0.4, 0.5) is 18.9 Å². The van der Waals surface area contributed by atoms with Crippen molar-refractivity contribution in [3.63, 3.8) is 0 Å². The molecule has 2 aromatic carbocycles. The summed E-state index contributed by atoms with van der Waals surface area (Å²) in [6.07, 6.45) is -3.24. The first-order valence-corrected chi connectivity index (χ1v) is 9.76. The Morgan fingerprint density at radius 3 is 2.36 bits per heavy atom. The van der Waals surface area contributed by atoms with Crippen LogP contribution in [0, 0.1) is 0 Å². The summed E-state index contributed by atoms with van der Waals surface area (Å²) in [5.74, 6) is -2.48. The molecule has 0 fully saturated rings. The third-order valence-electron chi connectivity index (χ3n) is 5.39. The molecule has 1 aliphatic rings. The van der Waals surface area contributed by atoms with Crippen LogP contribution in [0.15, 0.2) is 93.2 Å². The summed E-state index contributed by atoms with van der Waals surface area (Å²) in [5, 5.41) is 11.3. The maximum absolute atomic E-state index is 13.4. The molecule has 1 aliphatic heterocycles. The lowest BCUT2D eigenvalue weighted by atomic mass is 9.99. The highest BCUT2D eigenvalue weighted by Crippen LogP contribution is 2.43. The Labute approximate surface area is 184 Å². The predicted molar refractivity (Wildman–Crippen MR) is 111 cm³/mol. The molecule has 5 rings (SSSR count). The summed E-state index contributed by atoms with van der Waals surface area (Å²) >= 11 is 0. The maximum atomic E-state index is 13.4. The van der Waals surface area contributed by atoms with Gasteiger partial charge in [-0.1, -0.05) is 18.2 Å². The van der Waals surface area contributed by atoms with Crippen LogP contribution in [0.5, 0.6) is 0 Å². The van der Waals surface area contributed by atoms with Crippen molar-refractivity contribution in [2.24, 2.45) is 0 Å². The first-order chi connectivity index (χ1) is 15.8. The van der Waals surface area contributed by atoms with E-state index >= 15 is 0 Å². The van der Waals surface area contributed by atoms with Gasteiger partial charge >= 0.3 is 6.18 Å². The number of Topliss-reactive ketones (excluding diaryl/α,β-unsaturated/α-hetero) is 1. The Morgan fingerprint density at radius 1 is 1.00 bits per heavy atom. The number of hydrogen-bond donors (Lipinski definition) is 1. The van der Waals surface area contributed by atoms with Crippen molar-refractivity contribution >= 4 is 28.3 Å². The number of fused-ring (bicyclic) bond motifs is 1. The van der Waals surface area contributed by atoms with Gasteiger partial charge in [0.15, 0.2) is 11.5 Å². The van der Waals surface area contributed by atoms with Crippen molar-refractivity contribution in [1.29, 1.82) is 0 Å². The quantitative estimate of drug-likeness (QED) is 0.393. The number of ketones is 1. The topological polar surface area (TPSA) is 83.9 Å². The van der Waals surface area contributed by atoms with E-state index in [0.717, 1.165) is 29.2 Å². The normalized spacial score (nSPS) is 16.8. The molecule has 0 spiro atoms. The van der Waals surface area contributed by atoms with Crippen molar-refractivity contribution in [3.05, 3.63) is 101 Å². The number of alkyl halides is 3. The minimum absolute atomic E-state index is 0.0494. The first kappa shape index (κ1) is 20.6. The molecule has 1 N–H and O–H groups in total.